The zero-order valence-corrected chi connectivity index (χ0v) is 10.4. The molecular weight excluding hydrogens is 240 g/mol. The van der Waals surface area contributed by atoms with E-state index in [4.69, 9.17) is 23.2 Å². The highest BCUT2D eigenvalue weighted by molar-refractivity contribution is 6.35. The van der Waals surface area contributed by atoms with Crippen LogP contribution in [-0.2, 0) is 6.54 Å². The van der Waals surface area contributed by atoms with E-state index in [0.29, 0.717) is 6.04 Å². The van der Waals surface area contributed by atoms with Crippen LogP contribution in [0.2, 0.25) is 10.0 Å². The second kappa shape index (κ2) is 6.52. The zero-order chi connectivity index (χ0) is 9.84. The van der Waals surface area contributed by atoms with E-state index in [0.717, 1.165) is 22.2 Å². The van der Waals surface area contributed by atoms with Crippen molar-refractivity contribution in [3.8, 4) is 0 Å². The molecule has 1 rings (SSSR count). The Hall–Kier alpha value is 0.0500. The summed E-state index contributed by atoms with van der Waals surface area (Å²) in [6.45, 7) is 4.89. The fourth-order valence-corrected chi connectivity index (χ4v) is 1.54. The van der Waals surface area contributed by atoms with Gasteiger partial charge >= 0.3 is 0 Å². The summed E-state index contributed by atoms with van der Waals surface area (Å²) in [5.74, 6) is 0. The van der Waals surface area contributed by atoms with E-state index < -0.39 is 0 Å². The van der Waals surface area contributed by atoms with Crippen molar-refractivity contribution in [3.05, 3.63) is 33.8 Å². The summed E-state index contributed by atoms with van der Waals surface area (Å²) in [6, 6.07) is 5.99. The molecule has 1 nitrogen and oxygen atoms in total. The monoisotopic (exact) mass is 252 g/mol. The van der Waals surface area contributed by atoms with E-state index in [2.05, 4.69) is 19.2 Å². The van der Waals surface area contributed by atoms with Crippen molar-refractivity contribution < 1.29 is 12.4 Å². The van der Waals surface area contributed by atoms with Gasteiger partial charge in [-0.3, -0.25) is 0 Å². The Labute approximate surface area is 101 Å². The number of hydrogen-bond acceptors (Lipinski definition) is 1. The van der Waals surface area contributed by atoms with Crippen LogP contribution >= 0.6 is 23.2 Å². The highest BCUT2D eigenvalue weighted by atomic mass is 35.5. The normalized spacial score (nSPS) is 10.1. The Kier molecular flexibility index (Phi) is 6.54. The van der Waals surface area contributed by atoms with Crippen molar-refractivity contribution in [3.63, 3.8) is 0 Å². The summed E-state index contributed by atoms with van der Waals surface area (Å²) in [6.07, 6.45) is 0. The molecule has 0 bridgehead atoms. The van der Waals surface area contributed by atoms with E-state index >= 15 is 0 Å². The van der Waals surface area contributed by atoms with Crippen LogP contribution < -0.4 is 17.7 Å². The first-order valence-corrected chi connectivity index (χ1v) is 5.03. The molecule has 0 unspecified atom stereocenters. The molecule has 0 saturated heterocycles. The lowest BCUT2D eigenvalue weighted by atomic mass is 10.2. The van der Waals surface area contributed by atoms with Gasteiger partial charge in [-0.1, -0.05) is 43.1 Å². The summed E-state index contributed by atoms with van der Waals surface area (Å²) in [5, 5.41) is 4.72. The highest BCUT2D eigenvalue weighted by Crippen LogP contribution is 2.23. The van der Waals surface area contributed by atoms with Gasteiger partial charge in [-0.25, -0.2) is 0 Å². The summed E-state index contributed by atoms with van der Waals surface area (Å²) in [5.41, 5.74) is 0.972. The van der Waals surface area contributed by atoms with E-state index in [1.165, 1.54) is 0 Å². The predicted molar refractivity (Wildman–Crippen MR) is 58.4 cm³/mol. The van der Waals surface area contributed by atoms with Gasteiger partial charge < -0.3 is 17.7 Å². The van der Waals surface area contributed by atoms with Gasteiger partial charge in [0.25, 0.3) is 0 Å². The first kappa shape index (κ1) is 14.1. The molecule has 0 atom stereocenters. The quantitative estimate of drug-likeness (QED) is 0.827. The van der Waals surface area contributed by atoms with Crippen LogP contribution in [0.1, 0.15) is 19.4 Å². The third kappa shape index (κ3) is 4.05. The molecule has 1 aromatic rings. The molecule has 0 heterocycles. The molecule has 0 amide bonds. The molecule has 0 radical (unpaired) electrons. The minimum atomic E-state index is 0. The van der Waals surface area contributed by atoms with Crippen molar-refractivity contribution in [2.24, 2.45) is 0 Å². The van der Waals surface area contributed by atoms with Crippen molar-refractivity contribution in [2.75, 3.05) is 0 Å². The molecule has 1 aromatic carbocycles. The molecule has 4 heteroatoms. The van der Waals surface area contributed by atoms with Gasteiger partial charge in [-0.15, -0.1) is 0 Å². The van der Waals surface area contributed by atoms with Crippen LogP contribution in [0.4, 0.5) is 0 Å². The maximum atomic E-state index is 5.99. The molecule has 0 aliphatic heterocycles. The first-order chi connectivity index (χ1) is 6.11. The molecule has 1 N–H and O–H groups in total. The maximum Gasteiger partial charge on any atom is 0.0465 e. The van der Waals surface area contributed by atoms with Crippen molar-refractivity contribution in [2.45, 2.75) is 26.4 Å². The fourth-order valence-electron chi connectivity index (χ4n) is 1.01. The zero-order valence-electron chi connectivity index (χ0n) is 8.15. The van der Waals surface area contributed by atoms with Gasteiger partial charge in [-0.2, -0.15) is 0 Å². The molecule has 0 saturated carbocycles. The molecule has 0 aromatic heterocycles. The molecule has 0 aliphatic rings. The van der Waals surface area contributed by atoms with Crippen LogP contribution in [0, 0.1) is 0 Å². The fraction of sp³-hybridized carbons (Fsp3) is 0.400. The molecule has 0 aliphatic carbocycles. The first-order valence-electron chi connectivity index (χ1n) is 4.27. The molecule has 14 heavy (non-hydrogen) atoms. The smallest absolute Gasteiger partial charge is 0.0465 e. The summed E-state index contributed by atoms with van der Waals surface area (Å²) in [7, 11) is 0. The molecule has 80 valence electrons. The number of benzene rings is 1. The molecular formula is C10H13Cl3N-. The SMILES string of the molecule is CC(C)NCc1c(Cl)cccc1Cl.[Cl-]. The lowest BCUT2D eigenvalue weighted by molar-refractivity contribution is -0.00000276. The number of rotatable bonds is 3. The Balaban J connectivity index is 0.00000169. The minimum absolute atomic E-state index is 0. The van der Waals surface area contributed by atoms with Gasteiger partial charge in [0.2, 0.25) is 0 Å². The summed E-state index contributed by atoms with van der Waals surface area (Å²) >= 11 is 12.0. The van der Waals surface area contributed by atoms with Gasteiger partial charge in [-0.05, 0) is 12.1 Å². The number of hydrogen-bond donors (Lipinski definition) is 1. The van der Waals surface area contributed by atoms with Crippen LogP contribution in [0.3, 0.4) is 0 Å². The second-order valence-electron chi connectivity index (χ2n) is 3.24. The van der Waals surface area contributed by atoms with Crippen LogP contribution in [0.15, 0.2) is 18.2 Å². The lowest BCUT2D eigenvalue weighted by Gasteiger charge is -2.10. The van der Waals surface area contributed by atoms with Gasteiger partial charge in [0, 0.05) is 28.2 Å². The maximum absolute atomic E-state index is 5.99. The van der Waals surface area contributed by atoms with Crippen LogP contribution in [-0.4, -0.2) is 6.04 Å². The Morgan fingerprint density at radius 1 is 1.21 bits per heavy atom. The summed E-state index contributed by atoms with van der Waals surface area (Å²) in [4.78, 5) is 0. The topological polar surface area (TPSA) is 12.0 Å². The number of halogens is 3. The Morgan fingerprint density at radius 2 is 1.71 bits per heavy atom. The Bertz CT molecular complexity index is 266. The third-order valence-corrected chi connectivity index (χ3v) is 2.46. The average molecular weight is 254 g/mol. The van der Waals surface area contributed by atoms with Gasteiger partial charge in [0.05, 0.1) is 0 Å². The van der Waals surface area contributed by atoms with Crippen LogP contribution in [0.5, 0.6) is 0 Å². The van der Waals surface area contributed by atoms with E-state index in [-0.39, 0.29) is 12.4 Å². The van der Waals surface area contributed by atoms with Crippen molar-refractivity contribution in [1.82, 2.24) is 5.32 Å². The Morgan fingerprint density at radius 3 is 2.14 bits per heavy atom. The van der Waals surface area contributed by atoms with E-state index in [9.17, 15) is 0 Å². The second-order valence-corrected chi connectivity index (χ2v) is 4.05. The minimum Gasteiger partial charge on any atom is -1.00 e. The molecule has 0 spiro atoms. The largest absolute Gasteiger partial charge is 1.00 e. The average Bonchev–Trinajstić information content (AvgIpc) is 2.03. The highest BCUT2D eigenvalue weighted by Gasteiger charge is 2.04. The van der Waals surface area contributed by atoms with Crippen molar-refractivity contribution >= 4 is 23.2 Å². The summed E-state index contributed by atoms with van der Waals surface area (Å²) < 4.78 is 0. The third-order valence-electron chi connectivity index (χ3n) is 1.75. The van der Waals surface area contributed by atoms with Gasteiger partial charge in [0.15, 0.2) is 0 Å². The number of nitrogens with one attached hydrogen (secondary N) is 1. The predicted octanol–water partition coefficient (Wildman–Crippen LogP) is 0.495. The standard InChI is InChI=1S/C10H13Cl2N.ClH/c1-7(2)13-6-8-9(11)4-3-5-10(8)12;/h3-5,7,13H,6H2,1-2H3;1H/p-1. The van der Waals surface area contributed by atoms with Crippen molar-refractivity contribution in [1.29, 1.82) is 0 Å². The molecule has 0 fully saturated rings. The van der Waals surface area contributed by atoms with E-state index in [1.54, 1.807) is 0 Å². The van der Waals surface area contributed by atoms with Crippen LogP contribution in [0.25, 0.3) is 0 Å². The van der Waals surface area contributed by atoms with Gasteiger partial charge in [0.1, 0.15) is 0 Å². The lowest BCUT2D eigenvalue weighted by Crippen LogP contribution is -3.00. The van der Waals surface area contributed by atoms with E-state index in [1.807, 2.05) is 18.2 Å².